The van der Waals surface area contributed by atoms with Gasteiger partial charge in [0.05, 0.1) is 0 Å². The smallest absolute Gasteiger partial charge is 0.00845 e. The summed E-state index contributed by atoms with van der Waals surface area (Å²) in [6.07, 6.45) is 1.26. The first-order valence-corrected chi connectivity index (χ1v) is 7.71. The molecule has 0 spiro atoms. The normalized spacial score (nSPS) is 14.8. The molecular formula is C16H36N2. The van der Waals surface area contributed by atoms with Gasteiger partial charge in [-0.15, -0.1) is 0 Å². The lowest BCUT2D eigenvalue weighted by Crippen LogP contribution is -2.46. The largest absolute Gasteiger partial charge is 0.298 e. The molecule has 18 heavy (non-hydrogen) atoms. The molecule has 0 aliphatic heterocycles. The Morgan fingerprint density at radius 1 is 0.611 bits per heavy atom. The fourth-order valence-electron chi connectivity index (χ4n) is 3.21. The first kappa shape index (κ1) is 17.9. The van der Waals surface area contributed by atoms with Crippen molar-refractivity contribution in [1.82, 2.24) is 9.80 Å². The zero-order chi connectivity index (χ0) is 14.5. The number of hydrogen-bond donors (Lipinski definition) is 0. The maximum absolute atomic E-state index is 2.62. The molecule has 1 atom stereocenters. The summed E-state index contributed by atoms with van der Waals surface area (Å²) in [6, 6.07) is 3.20. The van der Waals surface area contributed by atoms with E-state index < -0.39 is 0 Å². The van der Waals surface area contributed by atoms with Crippen LogP contribution in [-0.2, 0) is 0 Å². The fourth-order valence-corrected chi connectivity index (χ4v) is 3.21. The highest BCUT2D eigenvalue weighted by atomic mass is 15.2. The van der Waals surface area contributed by atoms with Gasteiger partial charge in [0, 0.05) is 36.8 Å². The third-order valence-electron chi connectivity index (χ3n) is 3.83. The molecule has 0 radical (unpaired) electrons. The van der Waals surface area contributed by atoms with E-state index in [1.807, 2.05) is 0 Å². The molecule has 0 bridgehead atoms. The lowest BCUT2D eigenvalue weighted by Gasteiger charge is -2.38. The summed E-state index contributed by atoms with van der Waals surface area (Å²) in [5.74, 6) is 0. The molecule has 0 aromatic heterocycles. The van der Waals surface area contributed by atoms with E-state index in [0.29, 0.717) is 30.2 Å². The number of rotatable bonds is 8. The summed E-state index contributed by atoms with van der Waals surface area (Å²) in [5.41, 5.74) is 0. The Kier molecular flexibility index (Phi) is 8.13. The maximum atomic E-state index is 2.62. The van der Waals surface area contributed by atoms with Gasteiger partial charge in [-0.25, -0.2) is 0 Å². The van der Waals surface area contributed by atoms with Gasteiger partial charge < -0.3 is 0 Å². The second-order valence-electron chi connectivity index (χ2n) is 6.70. The zero-order valence-electron chi connectivity index (χ0n) is 14.2. The molecule has 0 aromatic rings. The van der Waals surface area contributed by atoms with E-state index in [9.17, 15) is 0 Å². The van der Waals surface area contributed by atoms with Crippen LogP contribution in [0.1, 0.15) is 68.7 Å². The van der Waals surface area contributed by atoms with E-state index in [4.69, 9.17) is 0 Å². The average molecular weight is 256 g/mol. The predicted octanol–water partition coefficient (Wildman–Crippen LogP) is 4.00. The van der Waals surface area contributed by atoms with Crippen molar-refractivity contribution in [2.75, 3.05) is 6.54 Å². The molecule has 1 unspecified atom stereocenters. The highest BCUT2D eigenvalue weighted by molar-refractivity contribution is 4.77. The van der Waals surface area contributed by atoms with Crippen molar-refractivity contribution in [3.05, 3.63) is 0 Å². The van der Waals surface area contributed by atoms with E-state index in [2.05, 4.69) is 72.1 Å². The average Bonchev–Trinajstić information content (AvgIpc) is 2.14. The molecular weight excluding hydrogens is 220 g/mol. The number of nitrogens with zero attached hydrogens (tertiary/aromatic N) is 2. The summed E-state index contributed by atoms with van der Waals surface area (Å²) in [4.78, 5) is 5.22. The predicted molar refractivity (Wildman–Crippen MR) is 83.2 cm³/mol. The van der Waals surface area contributed by atoms with Crippen LogP contribution in [0.2, 0.25) is 0 Å². The van der Waals surface area contributed by atoms with Gasteiger partial charge in [-0.2, -0.15) is 0 Å². The first-order chi connectivity index (χ1) is 8.18. The second-order valence-corrected chi connectivity index (χ2v) is 6.70. The Morgan fingerprint density at radius 3 is 1.28 bits per heavy atom. The zero-order valence-corrected chi connectivity index (χ0v) is 14.2. The molecule has 0 aliphatic carbocycles. The van der Waals surface area contributed by atoms with E-state index in [0.717, 1.165) is 0 Å². The minimum absolute atomic E-state index is 0.631. The van der Waals surface area contributed by atoms with Crippen molar-refractivity contribution in [2.24, 2.45) is 0 Å². The van der Waals surface area contributed by atoms with Crippen LogP contribution in [0.15, 0.2) is 0 Å². The van der Waals surface area contributed by atoms with Crippen molar-refractivity contribution < 1.29 is 0 Å². The van der Waals surface area contributed by atoms with Gasteiger partial charge in [0.2, 0.25) is 0 Å². The van der Waals surface area contributed by atoms with Crippen LogP contribution in [0, 0.1) is 0 Å². The fraction of sp³-hybridized carbons (Fsp3) is 1.00. The van der Waals surface area contributed by atoms with Gasteiger partial charge in [0.25, 0.3) is 0 Å². The molecule has 0 N–H and O–H groups in total. The minimum atomic E-state index is 0.631. The van der Waals surface area contributed by atoms with Gasteiger partial charge >= 0.3 is 0 Å². The molecule has 0 amide bonds. The van der Waals surface area contributed by atoms with E-state index >= 15 is 0 Å². The third-order valence-corrected chi connectivity index (χ3v) is 3.83. The highest BCUT2D eigenvalue weighted by Gasteiger charge is 2.21. The van der Waals surface area contributed by atoms with Crippen molar-refractivity contribution >= 4 is 0 Å². The van der Waals surface area contributed by atoms with E-state index in [1.165, 1.54) is 13.0 Å². The van der Waals surface area contributed by atoms with Crippen molar-refractivity contribution in [2.45, 2.75) is 98.9 Å². The molecule has 0 saturated heterocycles. The topological polar surface area (TPSA) is 6.48 Å². The molecule has 2 heteroatoms. The molecule has 0 heterocycles. The Bertz CT molecular complexity index is 193. The molecule has 2 nitrogen and oxygen atoms in total. The van der Waals surface area contributed by atoms with E-state index in [-0.39, 0.29) is 0 Å². The molecule has 0 fully saturated rings. The molecule has 0 rings (SSSR count). The molecule has 110 valence electrons. The van der Waals surface area contributed by atoms with Gasteiger partial charge in [-0.05, 0) is 68.7 Å². The van der Waals surface area contributed by atoms with E-state index in [1.54, 1.807) is 0 Å². The summed E-state index contributed by atoms with van der Waals surface area (Å²) >= 11 is 0. The van der Waals surface area contributed by atoms with Crippen LogP contribution < -0.4 is 0 Å². The third kappa shape index (κ3) is 5.71. The maximum Gasteiger partial charge on any atom is 0.00845 e. The van der Waals surface area contributed by atoms with Gasteiger partial charge in [-0.3, -0.25) is 9.80 Å². The minimum Gasteiger partial charge on any atom is -0.298 e. The Hall–Kier alpha value is -0.0800. The van der Waals surface area contributed by atoms with Crippen LogP contribution in [0.25, 0.3) is 0 Å². The summed E-state index contributed by atoms with van der Waals surface area (Å²) in [5, 5.41) is 0. The summed E-state index contributed by atoms with van der Waals surface area (Å²) in [6.45, 7) is 22.0. The highest BCUT2D eigenvalue weighted by Crippen LogP contribution is 2.15. The SMILES string of the molecule is CC(C)N(CCC(C)N(C(C)C)C(C)C)C(C)C. The van der Waals surface area contributed by atoms with Crippen LogP contribution in [-0.4, -0.2) is 46.6 Å². The lowest BCUT2D eigenvalue weighted by molar-refractivity contribution is 0.0936. The quantitative estimate of drug-likeness (QED) is 0.647. The number of hydrogen-bond acceptors (Lipinski definition) is 2. The summed E-state index contributed by atoms with van der Waals surface area (Å²) in [7, 11) is 0. The molecule has 0 saturated carbocycles. The van der Waals surface area contributed by atoms with Crippen molar-refractivity contribution in [3.8, 4) is 0 Å². The monoisotopic (exact) mass is 256 g/mol. The standard InChI is InChI=1S/C16H36N2/c1-12(2)17(13(3)4)11-10-16(9)18(14(5)6)15(7)8/h12-16H,10-11H2,1-9H3. The summed E-state index contributed by atoms with van der Waals surface area (Å²) < 4.78 is 0. The Morgan fingerprint density at radius 2 is 1.00 bits per heavy atom. The first-order valence-electron chi connectivity index (χ1n) is 7.71. The van der Waals surface area contributed by atoms with Gasteiger partial charge in [0.15, 0.2) is 0 Å². The Labute approximate surface area is 116 Å². The molecule has 0 aromatic carbocycles. The van der Waals surface area contributed by atoms with Crippen molar-refractivity contribution in [3.63, 3.8) is 0 Å². The van der Waals surface area contributed by atoms with Crippen LogP contribution in [0.3, 0.4) is 0 Å². The second kappa shape index (κ2) is 8.16. The van der Waals surface area contributed by atoms with Gasteiger partial charge in [0.1, 0.15) is 0 Å². The lowest BCUT2D eigenvalue weighted by atomic mass is 10.1. The van der Waals surface area contributed by atoms with Crippen molar-refractivity contribution in [1.29, 1.82) is 0 Å². The van der Waals surface area contributed by atoms with Crippen LogP contribution in [0.5, 0.6) is 0 Å². The van der Waals surface area contributed by atoms with Crippen LogP contribution >= 0.6 is 0 Å². The molecule has 0 aliphatic rings. The van der Waals surface area contributed by atoms with Gasteiger partial charge in [-0.1, -0.05) is 0 Å². The van der Waals surface area contributed by atoms with Crippen LogP contribution in [0.4, 0.5) is 0 Å². The Balaban J connectivity index is 4.41.